The number of nitrogens with zero attached hydrogens (tertiary/aromatic N) is 1. The molecule has 2 rings (SSSR count). The van der Waals surface area contributed by atoms with E-state index in [1.165, 1.54) is 24.9 Å². The molecule has 0 aromatic heterocycles. The molecule has 2 N–H and O–H groups in total. The zero-order valence-corrected chi connectivity index (χ0v) is 12.5. The first-order valence-corrected chi connectivity index (χ1v) is 7.94. The maximum atomic E-state index is 6.21. The third-order valence-corrected chi connectivity index (χ3v) is 4.04. The third-order valence-electron chi connectivity index (χ3n) is 4.04. The second kappa shape index (κ2) is 9.11. The average Bonchev–Trinajstić information content (AvgIpc) is 2.49. The van der Waals surface area contributed by atoms with E-state index < -0.39 is 0 Å². The maximum absolute atomic E-state index is 6.21. The van der Waals surface area contributed by atoms with E-state index in [-0.39, 0.29) is 0 Å². The van der Waals surface area contributed by atoms with Crippen LogP contribution in [0.4, 0.5) is 0 Å². The molecule has 1 heterocycles. The molecule has 1 fully saturated rings. The van der Waals surface area contributed by atoms with Crippen molar-refractivity contribution in [3.05, 3.63) is 35.9 Å². The van der Waals surface area contributed by atoms with E-state index in [4.69, 9.17) is 10.5 Å². The predicted molar refractivity (Wildman–Crippen MR) is 83.8 cm³/mol. The molecule has 0 bridgehead atoms. The Morgan fingerprint density at radius 1 is 1.05 bits per heavy atom. The molecule has 3 heteroatoms. The molecule has 1 aromatic carbocycles. The van der Waals surface area contributed by atoms with Gasteiger partial charge in [0.05, 0.1) is 13.2 Å². The average molecular weight is 276 g/mol. The van der Waals surface area contributed by atoms with E-state index in [1.54, 1.807) is 0 Å². The molecule has 0 aliphatic carbocycles. The Morgan fingerprint density at radius 3 is 2.50 bits per heavy atom. The molecule has 1 aromatic rings. The summed E-state index contributed by atoms with van der Waals surface area (Å²) in [5.74, 6) is 0. The van der Waals surface area contributed by atoms with Gasteiger partial charge in [-0.15, -0.1) is 0 Å². The zero-order chi connectivity index (χ0) is 14.0. The second-order valence-electron chi connectivity index (χ2n) is 5.73. The molecule has 0 radical (unpaired) electrons. The minimum Gasteiger partial charge on any atom is -0.379 e. The lowest BCUT2D eigenvalue weighted by molar-refractivity contribution is 0.0370. The topological polar surface area (TPSA) is 38.5 Å². The van der Waals surface area contributed by atoms with Gasteiger partial charge in [-0.3, -0.25) is 4.90 Å². The Bertz CT molecular complexity index is 349. The highest BCUT2D eigenvalue weighted by Crippen LogP contribution is 2.09. The van der Waals surface area contributed by atoms with Crippen LogP contribution in [0, 0.1) is 0 Å². The van der Waals surface area contributed by atoms with Gasteiger partial charge in [-0.1, -0.05) is 30.3 Å². The molecule has 3 nitrogen and oxygen atoms in total. The molecular formula is C17H28N2O. The number of hydrogen-bond donors (Lipinski definition) is 1. The minimum absolute atomic E-state index is 0.361. The first-order valence-electron chi connectivity index (χ1n) is 7.94. The highest BCUT2D eigenvalue weighted by Gasteiger charge is 2.10. The zero-order valence-electron chi connectivity index (χ0n) is 12.5. The minimum atomic E-state index is 0.361. The van der Waals surface area contributed by atoms with Gasteiger partial charge < -0.3 is 10.5 Å². The Balaban J connectivity index is 1.50. The summed E-state index contributed by atoms with van der Waals surface area (Å²) in [6.07, 6.45) is 5.84. The van der Waals surface area contributed by atoms with Gasteiger partial charge in [0.15, 0.2) is 0 Å². The lowest BCUT2D eigenvalue weighted by Crippen LogP contribution is -2.37. The molecule has 112 valence electrons. The van der Waals surface area contributed by atoms with Crippen molar-refractivity contribution in [1.82, 2.24) is 4.90 Å². The van der Waals surface area contributed by atoms with Gasteiger partial charge in [-0.2, -0.15) is 0 Å². The molecule has 1 unspecified atom stereocenters. The van der Waals surface area contributed by atoms with E-state index in [1.807, 2.05) is 0 Å². The first kappa shape index (κ1) is 15.5. The molecule has 0 amide bonds. The standard InChI is InChI=1S/C17H28N2O/c18-17(9-4-8-16-6-2-1-3-7-16)10-5-11-19-12-14-20-15-13-19/h1-3,6-7,17H,4-5,8-15,18H2. The SMILES string of the molecule is NC(CCCc1ccccc1)CCCN1CCOCC1. The van der Waals surface area contributed by atoms with Crippen LogP contribution in [0.3, 0.4) is 0 Å². The van der Waals surface area contributed by atoms with Crippen LogP contribution in [0.25, 0.3) is 0 Å². The lowest BCUT2D eigenvalue weighted by atomic mass is 10.0. The smallest absolute Gasteiger partial charge is 0.0594 e. The van der Waals surface area contributed by atoms with Crippen molar-refractivity contribution in [3.63, 3.8) is 0 Å². The van der Waals surface area contributed by atoms with E-state index in [0.717, 1.165) is 45.6 Å². The van der Waals surface area contributed by atoms with Crippen molar-refractivity contribution in [3.8, 4) is 0 Å². The normalized spacial score (nSPS) is 18.1. The summed E-state index contributed by atoms with van der Waals surface area (Å²) in [6.45, 7) is 5.13. The predicted octanol–water partition coefficient (Wildman–Crippen LogP) is 2.45. The van der Waals surface area contributed by atoms with Crippen LogP contribution in [0.1, 0.15) is 31.2 Å². The fraction of sp³-hybridized carbons (Fsp3) is 0.647. The van der Waals surface area contributed by atoms with Crippen LogP contribution in [0.2, 0.25) is 0 Å². The monoisotopic (exact) mass is 276 g/mol. The van der Waals surface area contributed by atoms with Crippen molar-refractivity contribution >= 4 is 0 Å². The number of ether oxygens (including phenoxy) is 1. The van der Waals surface area contributed by atoms with Gasteiger partial charge in [0, 0.05) is 19.1 Å². The fourth-order valence-corrected chi connectivity index (χ4v) is 2.76. The van der Waals surface area contributed by atoms with Gasteiger partial charge in [-0.25, -0.2) is 0 Å². The fourth-order valence-electron chi connectivity index (χ4n) is 2.76. The van der Waals surface area contributed by atoms with Crippen LogP contribution >= 0.6 is 0 Å². The number of morpholine rings is 1. The van der Waals surface area contributed by atoms with Crippen LogP contribution in [-0.2, 0) is 11.2 Å². The number of nitrogens with two attached hydrogens (primary N) is 1. The first-order chi connectivity index (χ1) is 9.84. The number of aryl methyl sites for hydroxylation is 1. The van der Waals surface area contributed by atoms with Gasteiger partial charge >= 0.3 is 0 Å². The Labute approximate surface area is 123 Å². The number of benzene rings is 1. The Kier molecular flexibility index (Phi) is 7.06. The molecule has 0 spiro atoms. The quantitative estimate of drug-likeness (QED) is 0.792. The van der Waals surface area contributed by atoms with Crippen molar-refractivity contribution in [1.29, 1.82) is 0 Å². The summed E-state index contributed by atoms with van der Waals surface area (Å²) >= 11 is 0. The maximum Gasteiger partial charge on any atom is 0.0594 e. The summed E-state index contributed by atoms with van der Waals surface area (Å²) in [5, 5.41) is 0. The van der Waals surface area contributed by atoms with Crippen molar-refractivity contribution in [2.45, 2.75) is 38.1 Å². The molecule has 1 aliphatic heterocycles. The summed E-state index contributed by atoms with van der Waals surface area (Å²) in [6, 6.07) is 11.0. The molecular weight excluding hydrogens is 248 g/mol. The van der Waals surface area contributed by atoms with Gasteiger partial charge in [0.25, 0.3) is 0 Å². The van der Waals surface area contributed by atoms with Crippen LogP contribution in [0.5, 0.6) is 0 Å². The van der Waals surface area contributed by atoms with Gasteiger partial charge in [0.1, 0.15) is 0 Å². The highest BCUT2D eigenvalue weighted by molar-refractivity contribution is 5.14. The summed E-state index contributed by atoms with van der Waals surface area (Å²) in [5.41, 5.74) is 7.63. The van der Waals surface area contributed by atoms with E-state index in [2.05, 4.69) is 35.2 Å². The molecule has 1 aliphatic rings. The van der Waals surface area contributed by atoms with Crippen molar-refractivity contribution in [2.24, 2.45) is 5.73 Å². The lowest BCUT2D eigenvalue weighted by Gasteiger charge is -2.26. The number of rotatable bonds is 8. The van der Waals surface area contributed by atoms with E-state index >= 15 is 0 Å². The van der Waals surface area contributed by atoms with E-state index in [9.17, 15) is 0 Å². The van der Waals surface area contributed by atoms with Crippen LogP contribution in [-0.4, -0.2) is 43.8 Å². The van der Waals surface area contributed by atoms with Crippen molar-refractivity contribution < 1.29 is 4.74 Å². The summed E-state index contributed by atoms with van der Waals surface area (Å²) in [7, 11) is 0. The molecule has 0 saturated carbocycles. The molecule has 20 heavy (non-hydrogen) atoms. The van der Waals surface area contributed by atoms with Crippen molar-refractivity contribution in [2.75, 3.05) is 32.8 Å². The van der Waals surface area contributed by atoms with E-state index in [0.29, 0.717) is 6.04 Å². The molecule has 1 atom stereocenters. The van der Waals surface area contributed by atoms with Gasteiger partial charge in [-0.05, 0) is 44.2 Å². The molecule has 1 saturated heterocycles. The Hall–Kier alpha value is -0.900. The summed E-state index contributed by atoms with van der Waals surface area (Å²) < 4.78 is 5.36. The van der Waals surface area contributed by atoms with Crippen LogP contribution < -0.4 is 5.73 Å². The van der Waals surface area contributed by atoms with Gasteiger partial charge in [0.2, 0.25) is 0 Å². The highest BCUT2D eigenvalue weighted by atomic mass is 16.5. The van der Waals surface area contributed by atoms with Crippen LogP contribution in [0.15, 0.2) is 30.3 Å². The third kappa shape index (κ3) is 6.04. The summed E-state index contributed by atoms with van der Waals surface area (Å²) in [4.78, 5) is 2.49. The number of hydrogen-bond acceptors (Lipinski definition) is 3. The largest absolute Gasteiger partial charge is 0.379 e. The Morgan fingerprint density at radius 2 is 1.75 bits per heavy atom. The second-order valence-corrected chi connectivity index (χ2v) is 5.73.